The lowest BCUT2D eigenvalue weighted by Gasteiger charge is -2.34. The first-order valence-corrected chi connectivity index (χ1v) is 10.7. The number of aryl methyl sites for hydroxylation is 1. The zero-order valence-electron chi connectivity index (χ0n) is 16.5. The molecule has 1 aromatic rings. The average Bonchev–Trinajstić information content (AvgIpc) is 2.98. The van der Waals surface area contributed by atoms with Gasteiger partial charge in [0.05, 0.1) is 12.2 Å². The van der Waals surface area contributed by atoms with E-state index in [0.717, 1.165) is 76.2 Å². The number of piperidine rings is 1. The Morgan fingerprint density at radius 3 is 2.81 bits per heavy atom. The molecule has 1 amide bonds. The maximum atomic E-state index is 12.7. The first kappa shape index (κ1) is 18.7. The molecule has 2 atom stereocenters. The Bertz CT molecular complexity index is 744. The van der Waals surface area contributed by atoms with Crippen LogP contribution in [0, 0.1) is 0 Å². The molecule has 0 radical (unpaired) electrons. The lowest BCUT2D eigenvalue weighted by Crippen LogP contribution is -2.46. The Morgan fingerprint density at radius 1 is 1.11 bits per heavy atom. The summed E-state index contributed by atoms with van der Waals surface area (Å²) >= 11 is 0. The molecule has 0 aromatic carbocycles. The van der Waals surface area contributed by atoms with Crippen molar-refractivity contribution in [1.82, 2.24) is 19.4 Å². The fraction of sp³-hybridized carbons (Fsp3) is 0.762. The van der Waals surface area contributed by atoms with Crippen molar-refractivity contribution >= 4 is 5.91 Å². The van der Waals surface area contributed by atoms with Crippen LogP contribution in [0.4, 0.5) is 0 Å². The van der Waals surface area contributed by atoms with E-state index in [4.69, 9.17) is 4.98 Å². The molecule has 4 rings (SSSR count). The third-order valence-electron chi connectivity index (χ3n) is 6.56. The smallest absolute Gasteiger partial charge is 0.253 e. The summed E-state index contributed by atoms with van der Waals surface area (Å²) < 4.78 is 1.87. The van der Waals surface area contributed by atoms with Crippen LogP contribution in [0.2, 0.25) is 0 Å². The van der Waals surface area contributed by atoms with Crippen molar-refractivity contribution in [3.63, 3.8) is 0 Å². The van der Waals surface area contributed by atoms with Crippen molar-refractivity contribution in [2.24, 2.45) is 0 Å². The van der Waals surface area contributed by atoms with Gasteiger partial charge in [-0.05, 0) is 52.0 Å². The minimum Gasteiger partial charge on any atom is -0.339 e. The number of carbonyl (C=O) groups excluding carboxylic acids is 1. The van der Waals surface area contributed by atoms with Crippen molar-refractivity contribution in [3.8, 4) is 0 Å². The number of likely N-dealkylation sites (tertiary alicyclic amines) is 2. The van der Waals surface area contributed by atoms with Crippen molar-refractivity contribution in [3.05, 3.63) is 27.9 Å². The summed E-state index contributed by atoms with van der Waals surface area (Å²) in [6.07, 6.45) is 8.74. The molecule has 0 unspecified atom stereocenters. The van der Waals surface area contributed by atoms with Gasteiger partial charge in [-0.25, -0.2) is 4.98 Å². The topological polar surface area (TPSA) is 58.4 Å². The summed E-state index contributed by atoms with van der Waals surface area (Å²) in [5.41, 5.74) is 1.04. The molecule has 0 bridgehead atoms. The Kier molecular flexibility index (Phi) is 5.62. The highest BCUT2D eigenvalue weighted by molar-refractivity contribution is 5.78. The zero-order chi connectivity index (χ0) is 18.8. The molecule has 3 aliphatic rings. The van der Waals surface area contributed by atoms with Gasteiger partial charge in [-0.3, -0.25) is 19.1 Å². The van der Waals surface area contributed by atoms with E-state index in [1.807, 2.05) is 4.57 Å². The number of rotatable bonds is 3. The first-order chi connectivity index (χ1) is 13.1. The van der Waals surface area contributed by atoms with Crippen molar-refractivity contribution < 1.29 is 4.79 Å². The third kappa shape index (κ3) is 4.10. The van der Waals surface area contributed by atoms with Crippen LogP contribution in [-0.2, 0) is 17.8 Å². The van der Waals surface area contributed by atoms with Crippen LogP contribution >= 0.6 is 0 Å². The molecule has 3 aliphatic heterocycles. The third-order valence-corrected chi connectivity index (χ3v) is 6.56. The average molecular weight is 373 g/mol. The van der Waals surface area contributed by atoms with Gasteiger partial charge in [-0.15, -0.1) is 0 Å². The van der Waals surface area contributed by atoms with Crippen LogP contribution in [0.1, 0.15) is 69.3 Å². The fourth-order valence-corrected chi connectivity index (χ4v) is 4.91. The number of nitrogens with zero attached hydrogens (tertiary/aromatic N) is 4. The van der Waals surface area contributed by atoms with Crippen LogP contribution < -0.4 is 5.56 Å². The number of carbonyl (C=O) groups is 1. The Hall–Kier alpha value is -1.69. The van der Waals surface area contributed by atoms with Crippen LogP contribution in [-0.4, -0.2) is 57.5 Å². The Labute approximate surface area is 161 Å². The van der Waals surface area contributed by atoms with Crippen molar-refractivity contribution in [2.75, 3.05) is 26.2 Å². The Morgan fingerprint density at radius 2 is 1.96 bits per heavy atom. The van der Waals surface area contributed by atoms with E-state index in [2.05, 4.69) is 16.7 Å². The largest absolute Gasteiger partial charge is 0.339 e. The van der Waals surface area contributed by atoms with Crippen LogP contribution in [0.15, 0.2) is 10.9 Å². The molecular weight excluding hydrogens is 340 g/mol. The molecule has 6 heteroatoms. The van der Waals surface area contributed by atoms with Gasteiger partial charge in [0.25, 0.3) is 5.56 Å². The monoisotopic (exact) mass is 372 g/mol. The summed E-state index contributed by atoms with van der Waals surface area (Å²) in [7, 11) is 0. The second-order valence-corrected chi connectivity index (χ2v) is 8.55. The fourth-order valence-electron chi connectivity index (χ4n) is 4.91. The van der Waals surface area contributed by atoms with Gasteiger partial charge in [-0.1, -0.05) is 6.42 Å². The van der Waals surface area contributed by atoms with Crippen LogP contribution in [0.5, 0.6) is 0 Å². The standard InChI is InChI=1S/C21H32N4O2/c1-16-7-4-6-10-24(16)21(27)15-23-12-9-17(14-23)18-13-20(26)25-11-5-2-3-8-19(25)22-18/h13,16-17H,2-12,14-15H2,1H3/t16-,17+/m1/s1. The normalized spacial score (nSPS) is 26.6. The number of amides is 1. The summed E-state index contributed by atoms with van der Waals surface area (Å²) in [6, 6.07) is 2.12. The molecule has 4 heterocycles. The highest BCUT2D eigenvalue weighted by Crippen LogP contribution is 2.26. The summed E-state index contributed by atoms with van der Waals surface area (Å²) in [4.78, 5) is 34.4. The van der Waals surface area contributed by atoms with E-state index in [0.29, 0.717) is 12.6 Å². The predicted octanol–water partition coefficient (Wildman–Crippen LogP) is 2.16. The van der Waals surface area contributed by atoms with Gasteiger partial charge in [0, 0.05) is 44.1 Å². The molecule has 0 saturated carbocycles. The van der Waals surface area contributed by atoms with Crippen molar-refractivity contribution in [2.45, 2.75) is 76.8 Å². The molecule has 2 fully saturated rings. The van der Waals surface area contributed by atoms with Crippen LogP contribution in [0.25, 0.3) is 0 Å². The second kappa shape index (κ2) is 8.13. The summed E-state index contributed by atoms with van der Waals surface area (Å²) in [5.74, 6) is 1.50. The molecular formula is C21H32N4O2. The molecule has 6 nitrogen and oxygen atoms in total. The number of fused-ring (bicyclic) bond motifs is 1. The second-order valence-electron chi connectivity index (χ2n) is 8.55. The van der Waals surface area contributed by atoms with Gasteiger partial charge in [0.2, 0.25) is 5.91 Å². The van der Waals surface area contributed by atoms with E-state index >= 15 is 0 Å². The van der Waals surface area contributed by atoms with E-state index < -0.39 is 0 Å². The van der Waals surface area contributed by atoms with E-state index in [1.165, 1.54) is 12.8 Å². The van der Waals surface area contributed by atoms with Gasteiger partial charge in [0.1, 0.15) is 5.82 Å². The SMILES string of the molecule is C[C@@H]1CCCCN1C(=O)CN1CC[C@H](c2cc(=O)n3c(n2)CCCCC3)C1. The van der Waals surface area contributed by atoms with Gasteiger partial charge in [-0.2, -0.15) is 0 Å². The highest BCUT2D eigenvalue weighted by atomic mass is 16.2. The zero-order valence-corrected chi connectivity index (χ0v) is 16.5. The minimum absolute atomic E-state index is 0.105. The van der Waals surface area contributed by atoms with Gasteiger partial charge in [0.15, 0.2) is 0 Å². The minimum atomic E-state index is 0.105. The maximum Gasteiger partial charge on any atom is 0.253 e. The van der Waals surface area contributed by atoms with E-state index in [1.54, 1.807) is 6.07 Å². The molecule has 148 valence electrons. The molecule has 1 aromatic heterocycles. The highest BCUT2D eigenvalue weighted by Gasteiger charge is 2.30. The van der Waals surface area contributed by atoms with Gasteiger partial charge >= 0.3 is 0 Å². The molecule has 27 heavy (non-hydrogen) atoms. The van der Waals surface area contributed by atoms with Crippen LogP contribution in [0.3, 0.4) is 0 Å². The summed E-state index contributed by atoms with van der Waals surface area (Å²) in [5, 5.41) is 0. The molecule has 0 spiro atoms. The number of hydrogen-bond acceptors (Lipinski definition) is 4. The van der Waals surface area contributed by atoms with E-state index in [9.17, 15) is 9.59 Å². The molecule has 2 saturated heterocycles. The maximum absolute atomic E-state index is 12.7. The van der Waals surface area contributed by atoms with E-state index in [-0.39, 0.29) is 17.4 Å². The summed E-state index contributed by atoms with van der Waals surface area (Å²) in [6.45, 7) is 6.13. The number of hydrogen-bond donors (Lipinski definition) is 0. The number of aromatic nitrogens is 2. The van der Waals surface area contributed by atoms with Gasteiger partial charge < -0.3 is 4.90 Å². The van der Waals surface area contributed by atoms with Crippen molar-refractivity contribution in [1.29, 1.82) is 0 Å². The predicted molar refractivity (Wildman–Crippen MR) is 105 cm³/mol. The lowest BCUT2D eigenvalue weighted by molar-refractivity contribution is -0.135. The molecule has 0 N–H and O–H groups in total. The Balaban J connectivity index is 1.41. The lowest BCUT2D eigenvalue weighted by atomic mass is 10.0. The first-order valence-electron chi connectivity index (χ1n) is 10.7. The quantitative estimate of drug-likeness (QED) is 0.816. The molecule has 0 aliphatic carbocycles.